The fourth-order valence-electron chi connectivity index (χ4n) is 2.00. The molecular formula is C14H19IN6O2. The van der Waals surface area contributed by atoms with E-state index < -0.39 is 0 Å². The molecule has 0 bridgehead atoms. The highest BCUT2D eigenvalue weighted by Crippen LogP contribution is 2.14. The minimum atomic E-state index is -0.329. The van der Waals surface area contributed by atoms with E-state index in [1.54, 1.807) is 15.6 Å². The first-order chi connectivity index (χ1) is 10.9. The van der Waals surface area contributed by atoms with Gasteiger partial charge in [-0.05, 0) is 36.4 Å². The van der Waals surface area contributed by atoms with Crippen molar-refractivity contribution in [3.8, 4) is 0 Å². The molecule has 2 aromatic rings. The van der Waals surface area contributed by atoms with Crippen molar-refractivity contribution in [2.45, 2.75) is 33.4 Å². The Morgan fingerprint density at radius 3 is 2.57 bits per heavy atom. The zero-order chi connectivity index (χ0) is 17.0. The van der Waals surface area contributed by atoms with Crippen LogP contribution >= 0.6 is 22.6 Å². The molecule has 2 heterocycles. The summed E-state index contributed by atoms with van der Waals surface area (Å²) in [7, 11) is 1.53. The van der Waals surface area contributed by atoms with E-state index in [4.69, 9.17) is 0 Å². The predicted molar refractivity (Wildman–Crippen MR) is 94.2 cm³/mol. The number of carbonyl (C=O) groups is 2. The minimum Gasteiger partial charge on any atom is -0.354 e. The first-order valence-corrected chi connectivity index (χ1v) is 8.31. The molecule has 0 aliphatic heterocycles. The van der Waals surface area contributed by atoms with Crippen molar-refractivity contribution in [2.24, 2.45) is 0 Å². The number of anilines is 1. The van der Waals surface area contributed by atoms with Crippen molar-refractivity contribution in [2.75, 3.05) is 12.4 Å². The van der Waals surface area contributed by atoms with E-state index in [2.05, 4.69) is 43.4 Å². The van der Waals surface area contributed by atoms with Crippen LogP contribution in [0.2, 0.25) is 0 Å². The summed E-state index contributed by atoms with van der Waals surface area (Å²) in [5, 5.41) is 13.7. The van der Waals surface area contributed by atoms with Crippen LogP contribution in [0.25, 0.3) is 0 Å². The molecule has 0 saturated heterocycles. The maximum atomic E-state index is 12.1. The van der Waals surface area contributed by atoms with E-state index >= 15 is 0 Å². The summed E-state index contributed by atoms with van der Waals surface area (Å²) in [5.41, 5.74) is 1.58. The van der Waals surface area contributed by atoms with Crippen molar-refractivity contribution < 1.29 is 9.59 Å². The van der Waals surface area contributed by atoms with Crippen LogP contribution in [-0.2, 0) is 17.9 Å². The molecule has 0 aliphatic rings. The van der Waals surface area contributed by atoms with Crippen LogP contribution in [0.5, 0.6) is 0 Å². The Labute approximate surface area is 147 Å². The van der Waals surface area contributed by atoms with Crippen LogP contribution < -0.4 is 10.6 Å². The normalized spacial score (nSPS) is 10.6. The number of nitrogens with zero attached hydrogens (tertiary/aromatic N) is 4. The van der Waals surface area contributed by atoms with Gasteiger partial charge in [-0.25, -0.2) is 0 Å². The molecule has 23 heavy (non-hydrogen) atoms. The predicted octanol–water partition coefficient (Wildman–Crippen LogP) is 1.40. The summed E-state index contributed by atoms with van der Waals surface area (Å²) in [5.74, 6) is -0.515. The van der Waals surface area contributed by atoms with E-state index in [9.17, 15) is 9.59 Å². The number of nitrogens with one attached hydrogen (secondary N) is 2. The monoisotopic (exact) mass is 430 g/mol. The number of aromatic nitrogens is 4. The molecule has 8 nitrogen and oxygen atoms in total. The third-order valence-electron chi connectivity index (χ3n) is 3.26. The number of rotatable bonds is 6. The summed E-state index contributed by atoms with van der Waals surface area (Å²) in [6.45, 7) is 4.93. The van der Waals surface area contributed by atoms with Crippen LogP contribution in [0.4, 0.5) is 5.69 Å². The van der Waals surface area contributed by atoms with Crippen LogP contribution in [0.3, 0.4) is 0 Å². The van der Waals surface area contributed by atoms with E-state index in [1.807, 2.05) is 20.0 Å². The van der Waals surface area contributed by atoms with Crippen molar-refractivity contribution in [1.29, 1.82) is 0 Å². The maximum absolute atomic E-state index is 12.1. The second-order valence-corrected chi connectivity index (χ2v) is 6.11. The zero-order valence-corrected chi connectivity index (χ0v) is 15.4. The van der Waals surface area contributed by atoms with Gasteiger partial charge in [-0.3, -0.25) is 19.0 Å². The average Bonchev–Trinajstić information content (AvgIpc) is 3.08. The van der Waals surface area contributed by atoms with Crippen LogP contribution in [-0.4, -0.2) is 38.4 Å². The lowest BCUT2D eigenvalue weighted by Gasteiger charge is -2.05. The maximum Gasteiger partial charge on any atom is 0.273 e. The van der Waals surface area contributed by atoms with Crippen molar-refractivity contribution >= 4 is 40.1 Å². The standard InChI is InChI=1S/C14H19IN6O2/c1-4-20-8-11(13(19-20)14(23)16-3)17-12(22)5-6-21-7-10(15)9(2)18-21/h7-8H,4-6H2,1-3H3,(H,16,23)(H,17,22). The van der Waals surface area contributed by atoms with E-state index in [-0.39, 0.29) is 23.9 Å². The Morgan fingerprint density at radius 2 is 2.00 bits per heavy atom. The molecule has 0 radical (unpaired) electrons. The van der Waals surface area contributed by atoms with Crippen molar-refractivity contribution in [1.82, 2.24) is 24.9 Å². The summed E-state index contributed by atoms with van der Waals surface area (Å²) in [6.07, 6.45) is 3.82. The highest BCUT2D eigenvalue weighted by molar-refractivity contribution is 14.1. The number of hydrogen-bond acceptors (Lipinski definition) is 4. The summed E-state index contributed by atoms with van der Waals surface area (Å²) in [4.78, 5) is 23.9. The number of hydrogen-bond donors (Lipinski definition) is 2. The molecule has 0 saturated carbocycles. The van der Waals surface area contributed by atoms with Crippen molar-refractivity contribution in [3.05, 3.63) is 27.4 Å². The van der Waals surface area contributed by atoms with Crippen LogP contribution in [0.15, 0.2) is 12.4 Å². The highest BCUT2D eigenvalue weighted by atomic mass is 127. The van der Waals surface area contributed by atoms with Gasteiger partial charge in [-0.1, -0.05) is 0 Å². The van der Waals surface area contributed by atoms with Crippen LogP contribution in [0, 0.1) is 10.5 Å². The number of amides is 2. The largest absolute Gasteiger partial charge is 0.354 e. The first-order valence-electron chi connectivity index (χ1n) is 7.23. The molecule has 0 aliphatic carbocycles. The molecule has 2 N–H and O–H groups in total. The Hall–Kier alpha value is -1.91. The third-order valence-corrected chi connectivity index (χ3v) is 4.32. The first kappa shape index (κ1) is 17.4. The molecule has 2 amide bonds. The van der Waals surface area contributed by atoms with Gasteiger partial charge in [0, 0.05) is 39.0 Å². The SMILES string of the molecule is CCn1cc(NC(=O)CCn2cc(I)c(C)n2)c(C(=O)NC)n1. The Morgan fingerprint density at radius 1 is 1.26 bits per heavy atom. The van der Waals surface area contributed by atoms with Gasteiger partial charge >= 0.3 is 0 Å². The molecule has 2 aromatic heterocycles. The van der Waals surface area contributed by atoms with Gasteiger partial charge in [0.05, 0.1) is 15.0 Å². The minimum absolute atomic E-state index is 0.186. The molecule has 0 aromatic carbocycles. The molecule has 0 unspecified atom stereocenters. The van der Waals surface area contributed by atoms with Gasteiger partial charge in [0.25, 0.3) is 5.91 Å². The molecule has 2 rings (SSSR count). The van der Waals surface area contributed by atoms with E-state index in [0.29, 0.717) is 18.8 Å². The van der Waals surface area contributed by atoms with Gasteiger partial charge in [0.15, 0.2) is 5.69 Å². The number of halogens is 1. The molecule has 9 heteroatoms. The van der Waals surface area contributed by atoms with Gasteiger partial charge in [0.2, 0.25) is 5.91 Å². The summed E-state index contributed by atoms with van der Waals surface area (Å²) in [6, 6.07) is 0. The molecule has 0 fully saturated rings. The number of carbonyl (C=O) groups excluding carboxylic acids is 2. The molecule has 0 atom stereocenters. The smallest absolute Gasteiger partial charge is 0.273 e. The lowest BCUT2D eigenvalue weighted by molar-refractivity contribution is -0.116. The Balaban J connectivity index is 2.02. The van der Waals surface area contributed by atoms with E-state index in [1.165, 1.54) is 7.05 Å². The zero-order valence-electron chi connectivity index (χ0n) is 13.3. The third kappa shape index (κ3) is 4.30. The van der Waals surface area contributed by atoms with Gasteiger partial charge in [0.1, 0.15) is 0 Å². The highest BCUT2D eigenvalue weighted by Gasteiger charge is 2.17. The summed E-state index contributed by atoms with van der Waals surface area (Å²) >= 11 is 2.20. The fraction of sp³-hybridized carbons (Fsp3) is 0.429. The fourth-order valence-corrected chi connectivity index (χ4v) is 2.43. The van der Waals surface area contributed by atoms with Crippen molar-refractivity contribution in [3.63, 3.8) is 0 Å². The Bertz CT molecular complexity index is 701. The lowest BCUT2D eigenvalue weighted by Crippen LogP contribution is -2.22. The summed E-state index contributed by atoms with van der Waals surface area (Å²) < 4.78 is 4.42. The molecule has 0 spiro atoms. The second-order valence-electron chi connectivity index (χ2n) is 4.95. The second kappa shape index (κ2) is 7.57. The Kier molecular flexibility index (Phi) is 5.74. The van der Waals surface area contributed by atoms with E-state index in [0.717, 1.165) is 9.26 Å². The average molecular weight is 430 g/mol. The quantitative estimate of drug-likeness (QED) is 0.678. The lowest BCUT2D eigenvalue weighted by atomic mass is 10.3. The van der Waals surface area contributed by atoms with Gasteiger partial charge < -0.3 is 10.6 Å². The van der Waals surface area contributed by atoms with Gasteiger partial charge in [-0.2, -0.15) is 10.2 Å². The molecule has 124 valence electrons. The molecular weight excluding hydrogens is 411 g/mol. The topological polar surface area (TPSA) is 93.8 Å². The van der Waals surface area contributed by atoms with Crippen LogP contribution in [0.1, 0.15) is 29.5 Å². The van der Waals surface area contributed by atoms with Gasteiger partial charge in [-0.15, -0.1) is 0 Å². The number of aryl methyl sites for hydroxylation is 3.